The van der Waals surface area contributed by atoms with Crippen molar-refractivity contribution in [2.75, 3.05) is 19.8 Å². The van der Waals surface area contributed by atoms with Gasteiger partial charge in [-0.2, -0.15) is 8.42 Å². The number of aryl methyl sites for hydroxylation is 1. The monoisotopic (exact) mass is 288 g/mol. The number of hydrogen-bond acceptors (Lipinski definition) is 5. The van der Waals surface area contributed by atoms with E-state index in [-0.39, 0.29) is 24.7 Å². The summed E-state index contributed by atoms with van der Waals surface area (Å²) in [5.74, 6) is 0. The summed E-state index contributed by atoms with van der Waals surface area (Å²) in [6.45, 7) is 5.25. The number of benzene rings is 1. The lowest BCUT2D eigenvalue weighted by molar-refractivity contribution is -0.0266. The summed E-state index contributed by atoms with van der Waals surface area (Å²) in [6, 6.07) is 6.42. The highest BCUT2D eigenvalue weighted by Gasteiger charge is 2.15. The molecule has 0 aliphatic rings. The maximum atomic E-state index is 11.8. The normalized spacial score (nSPS) is 12.6. The molecule has 0 saturated carbocycles. The van der Waals surface area contributed by atoms with Crippen molar-refractivity contribution in [3.63, 3.8) is 0 Å². The molecule has 0 bridgehead atoms. The average molecular weight is 288 g/mol. The number of rotatable bonds is 7. The lowest BCUT2D eigenvalue weighted by atomic mass is 10.2. The summed E-state index contributed by atoms with van der Waals surface area (Å²) in [5.41, 5.74) is 0.0444. The fraction of sp³-hybridized carbons (Fsp3) is 0.538. The quantitative estimate of drug-likeness (QED) is 0.608. The summed E-state index contributed by atoms with van der Waals surface area (Å²) in [6.07, 6.45) is 0. The highest BCUT2D eigenvalue weighted by molar-refractivity contribution is 7.86. The predicted molar refractivity (Wildman–Crippen MR) is 71.4 cm³/mol. The fourth-order valence-electron chi connectivity index (χ4n) is 1.30. The Morgan fingerprint density at radius 1 is 1.16 bits per heavy atom. The minimum atomic E-state index is -3.74. The van der Waals surface area contributed by atoms with Crippen LogP contribution in [0, 0.1) is 6.92 Å². The summed E-state index contributed by atoms with van der Waals surface area (Å²) in [5, 5.41) is 9.40. The van der Waals surface area contributed by atoms with Crippen LogP contribution < -0.4 is 0 Å². The van der Waals surface area contributed by atoms with E-state index in [0.717, 1.165) is 5.56 Å². The van der Waals surface area contributed by atoms with E-state index in [1.54, 1.807) is 26.0 Å². The van der Waals surface area contributed by atoms with Crippen LogP contribution in [0.25, 0.3) is 0 Å². The largest absolute Gasteiger partial charge is 0.388 e. The van der Waals surface area contributed by atoms with Crippen molar-refractivity contribution in [1.82, 2.24) is 0 Å². The molecule has 0 atom stereocenters. The van der Waals surface area contributed by atoms with Crippen molar-refractivity contribution >= 4 is 10.1 Å². The summed E-state index contributed by atoms with van der Waals surface area (Å²) >= 11 is 0. The molecule has 1 aromatic carbocycles. The minimum Gasteiger partial charge on any atom is -0.388 e. The van der Waals surface area contributed by atoms with Crippen molar-refractivity contribution in [3.05, 3.63) is 29.8 Å². The van der Waals surface area contributed by atoms with Gasteiger partial charge in [-0.25, -0.2) is 0 Å². The molecular formula is C13H20O5S. The molecule has 0 heterocycles. The number of aliphatic hydroxyl groups is 1. The van der Waals surface area contributed by atoms with Gasteiger partial charge in [-0.05, 0) is 32.9 Å². The Kier molecular flexibility index (Phi) is 5.49. The molecule has 0 fully saturated rings. The third-order valence-corrected chi connectivity index (χ3v) is 3.56. The van der Waals surface area contributed by atoms with Crippen LogP contribution in [0.5, 0.6) is 0 Å². The molecule has 0 amide bonds. The SMILES string of the molecule is Cc1ccc(S(=O)(=O)OCCOCC(C)(C)O)cc1. The summed E-state index contributed by atoms with van der Waals surface area (Å²) in [7, 11) is -3.74. The second-order valence-corrected chi connectivity index (χ2v) is 6.57. The highest BCUT2D eigenvalue weighted by Crippen LogP contribution is 2.13. The first-order valence-corrected chi connectivity index (χ1v) is 7.38. The van der Waals surface area contributed by atoms with E-state index in [2.05, 4.69) is 0 Å². The van der Waals surface area contributed by atoms with Gasteiger partial charge < -0.3 is 9.84 Å². The van der Waals surface area contributed by atoms with E-state index in [4.69, 9.17) is 8.92 Å². The zero-order valence-corrected chi connectivity index (χ0v) is 12.2. The van der Waals surface area contributed by atoms with Gasteiger partial charge in [0.1, 0.15) is 0 Å². The molecule has 0 aromatic heterocycles. The molecule has 0 radical (unpaired) electrons. The second kappa shape index (κ2) is 6.47. The molecule has 1 rings (SSSR count). The topological polar surface area (TPSA) is 72.8 Å². The Hall–Kier alpha value is -0.950. The van der Waals surface area contributed by atoms with Crippen LogP contribution in [-0.2, 0) is 19.0 Å². The standard InChI is InChI=1S/C13H20O5S/c1-11-4-6-12(7-5-11)19(15,16)18-9-8-17-10-13(2,3)14/h4-7,14H,8-10H2,1-3H3. The van der Waals surface area contributed by atoms with Gasteiger partial charge in [0.15, 0.2) is 0 Å². The second-order valence-electron chi connectivity index (χ2n) is 4.95. The molecule has 0 aliphatic heterocycles. The fourth-order valence-corrected chi connectivity index (χ4v) is 2.19. The highest BCUT2D eigenvalue weighted by atomic mass is 32.2. The Bertz CT molecular complexity index is 485. The van der Waals surface area contributed by atoms with Gasteiger partial charge in [0.25, 0.3) is 10.1 Å². The van der Waals surface area contributed by atoms with Crippen LogP contribution in [-0.4, -0.2) is 38.9 Å². The zero-order valence-electron chi connectivity index (χ0n) is 11.4. The van der Waals surface area contributed by atoms with Gasteiger partial charge >= 0.3 is 0 Å². The van der Waals surface area contributed by atoms with E-state index in [1.165, 1.54) is 12.1 Å². The van der Waals surface area contributed by atoms with Gasteiger partial charge in [-0.1, -0.05) is 17.7 Å². The first-order chi connectivity index (χ1) is 8.71. The first-order valence-electron chi connectivity index (χ1n) is 5.97. The van der Waals surface area contributed by atoms with Gasteiger partial charge in [0.05, 0.1) is 30.3 Å². The molecule has 6 heteroatoms. The van der Waals surface area contributed by atoms with Crippen LogP contribution >= 0.6 is 0 Å². The van der Waals surface area contributed by atoms with E-state index in [0.29, 0.717) is 0 Å². The minimum absolute atomic E-state index is 0.0771. The van der Waals surface area contributed by atoms with E-state index in [9.17, 15) is 13.5 Å². The third-order valence-electron chi connectivity index (χ3n) is 2.23. The van der Waals surface area contributed by atoms with Gasteiger partial charge in [-0.3, -0.25) is 4.18 Å². The molecule has 0 saturated heterocycles. The van der Waals surface area contributed by atoms with Crippen LogP contribution in [0.2, 0.25) is 0 Å². The lowest BCUT2D eigenvalue weighted by Crippen LogP contribution is -2.27. The summed E-state index contributed by atoms with van der Waals surface area (Å²) < 4.78 is 33.5. The predicted octanol–water partition coefficient (Wildman–Crippen LogP) is 1.49. The third kappa shape index (κ3) is 6.15. The van der Waals surface area contributed by atoms with Crippen LogP contribution in [0.4, 0.5) is 0 Å². The van der Waals surface area contributed by atoms with Crippen LogP contribution in [0.15, 0.2) is 29.2 Å². The van der Waals surface area contributed by atoms with E-state index < -0.39 is 15.7 Å². The van der Waals surface area contributed by atoms with Crippen molar-refractivity contribution in [1.29, 1.82) is 0 Å². The molecule has 0 spiro atoms. The van der Waals surface area contributed by atoms with Crippen molar-refractivity contribution in [2.45, 2.75) is 31.3 Å². The van der Waals surface area contributed by atoms with Crippen molar-refractivity contribution < 1.29 is 22.4 Å². The average Bonchev–Trinajstić information content (AvgIpc) is 2.27. The number of ether oxygens (including phenoxy) is 1. The van der Waals surface area contributed by atoms with Gasteiger partial charge in [0, 0.05) is 0 Å². The molecule has 5 nitrogen and oxygen atoms in total. The van der Waals surface area contributed by atoms with Crippen LogP contribution in [0.1, 0.15) is 19.4 Å². The maximum Gasteiger partial charge on any atom is 0.297 e. The van der Waals surface area contributed by atoms with Crippen molar-refractivity contribution in [3.8, 4) is 0 Å². The van der Waals surface area contributed by atoms with Crippen LogP contribution in [0.3, 0.4) is 0 Å². The van der Waals surface area contributed by atoms with E-state index >= 15 is 0 Å². The Morgan fingerprint density at radius 3 is 2.26 bits per heavy atom. The Balaban J connectivity index is 2.42. The lowest BCUT2D eigenvalue weighted by Gasteiger charge is -2.16. The molecule has 0 unspecified atom stereocenters. The van der Waals surface area contributed by atoms with Gasteiger partial charge in [-0.15, -0.1) is 0 Å². The zero-order chi connectivity index (χ0) is 14.5. The molecule has 1 aromatic rings. The van der Waals surface area contributed by atoms with E-state index in [1.807, 2.05) is 6.92 Å². The molecular weight excluding hydrogens is 268 g/mol. The smallest absolute Gasteiger partial charge is 0.297 e. The molecule has 0 aliphatic carbocycles. The maximum absolute atomic E-state index is 11.8. The Labute approximate surface area is 114 Å². The molecule has 108 valence electrons. The first kappa shape index (κ1) is 16.1. The van der Waals surface area contributed by atoms with Gasteiger partial charge in [0.2, 0.25) is 0 Å². The molecule has 19 heavy (non-hydrogen) atoms. The van der Waals surface area contributed by atoms with Crippen molar-refractivity contribution in [2.24, 2.45) is 0 Å². The number of hydrogen-bond donors (Lipinski definition) is 1. The Morgan fingerprint density at radius 2 is 1.74 bits per heavy atom. The summed E-state index contributed by atoms with van der Waals surface area (Å²) in [4.78, 5) is 0.126. The molecule has 1 N–H and O–H groups in total.